The lowest BCUT2D eigenvalue weighted by molar-refractivity contribution is 0.159. The van der Waals surface area contributed by atoms with Crippen LogP contribution < -0.4 is 0 Å². The number of benzene rings is 1. The highest BCUT2D eigenvalue weighted by Crippen LogP contribution is 2.21. The van der Waals surface area contributed by atoms with Gasteiger partial charge in [0.1, 0.15) is 0 Å². The van der Waals surface area contributed by atoms with Crippen molar-refractivity contribution in [1.82, 2.24) is 9.78 Å². The molecule has 1 N–H and O–H groups in total. The molecule has 1 aromatic heterocycles. The third-order valence-electron chi connectivity index (χ3n) is 2.77. The molecule has 17 heavy (non-hydrogen) atoms. The molecule has 1 aromatic carbocycles. The second-order valence-electron chi connectivity index (χ2n) is 5.13. The molecule has 1 heterocycles. The lowest BCUT2D eigenvalue weighted by Gasteiger charge is -2.20. The predicted octanol–water partition coefficient (Wildman–Crippen LogP) is 2.43. The Bertz CT molecular complexity index is 474. The topological polar surface area (TPSA) is 38.1 Å². The van der Waals surface area contributed by atoms with Gasteiger partial charge < -0.3 is 5.11 Å². The van der Waals surface area contributed by atoms with E-state index in [1.54, 1.807) is 0 Å². The molecule has 0 aliphatic heterocycles. The van der Waals surface area contributed by atoms with Crippen LogP contribution in [0.25, 0.3) is 5.69 Å². The molecule has 0 saturated heterocycles. The summed E-state index contributed by atoms with van der Waals surface area (Å²) in [6.45, 7) is 4.28. The van der Waals surface area contributed by atoms with Crippen molar-refractivity contribution in [1.29, 1.82) is 0 Å². The van der Waals surface area contributed by atoms with Gasteiger partial charge in [0, 0.05) is 12.8 Å². The molecule has 0 atom stereocenters. The van der Waals surface area contributed by atoms with E-state index in [0.717, 1.165) is 17.7 Å². The Labute approximate surface area is 102 Å². The van der Waals surface area contributed by atoms with Gasteiger partial charge in [-0.15, -0.1) is 0 Å². The molecule has 0 unspecified atom stereocenters. The average Bonchev–Trinajstić information content (AvgIpc) is 2.78. The van der Waals surface area contributed by atoms with Crippen LogP contribution in [0.4, 0.5) is 0 Å². The summed E-state index contributed by atoms with van der Waals surface area (Å²) in [7, 11) is 0. The molecular weight excluding hydrogens is 212 g/mol. The SMILES string of the molecule is CC(C)(CO)Cc1cnn(-c2ccccc2)c1. The van der Waals surface area contributed by atoms with E-state index in [4.69, 9.17) is 0 Å². The largest absolute Gasteiger partial charge is 0.396 e. The average molecular weight is 230 g/mol. The third kappa shape index (κ3) is 2.94. The lowest BCUT2D eigenvalue weighted by atomic mass is 9.88. The fourth-order valence-electron chi connectivity index (χ4n) is 1.78. The number of hydrogen-bond donors (Lipinski definition) is 1. The van der Waals surface area contributed by atoms with Gasteiger partial charge in [-0.2, -0.15) is 5.10 Å². The van der Waals surface area contributed by atoms with Gasteiger partial charge in [0.05, 0.1) is 11.9 Å². The first-order valence-electron chi connectivity index (χ1n) is 5.80. The third-order valence-corrected chi connectivity index (χ3v) is 2.77. The van der Waals surface area contributed by atoms with Gasteiger partial charge in [0.2, 0.25) is 0 Å². The highest BCUT2D eigenvalue weighted by molar-refractivity contribution is 5.31. The van der Waals surface area contributed by atoms with E-state index in [1.807, 2.05) is 61.3 Å². The number of hydrogen-bond acceptors (Lipinski definition) is 2. The van der Waals surface area contributed by atoms with Crippen molar-refractivity contribution in [2.75, 3.05) is 6.61 Å². The number of aliphatic hydroxyl groups is 1. The second kappa shape index (κ2) is 4.72. The van der Waals surface area contributed by atoms with Crippen molar-refractivity contribution in [2.24, 2.45) is 5.41 Å². The maximum Gasteiger partial charge on any atom is 0.0645 e. The van der Waals surface area contributed by atoms with E-state index in [2.05, 4.69) is 5.10 Å². The van der Waals surface area contributed by atoms with Gasteiger partial charge in [-0.25, -0.2) is 4.68 Å². The molecule has 0 aliphatic rings. The summed E-state index contributed by atoms with van der Waals surface area (Å²) in [6.07, 6.45) is 4.72. The van der Waals surface area contributed by atoms with E-state index in [9.17, 15) is 5.11 Å². The number of aliphatic hydroxyl groups excluding tert-OH is 1. The van der Waals surface area contributed by atoms with E-state index >= 15 is 0 Å². The molecule has 0 aliphatic carbocycles. The quantitative estimate of drug-likeness (QED) is 0.876. The number of aromatic nitrogens is 2. The van der Waals surface area contributed by atoms with Crippen LogP contribution in [0.15, 0.2) is 42.7 Å². The second-order valence-corrected chi connectivity index (χ2v) is 5.13. The monoisotopic (exact) mass is 230 g/mol. The van der Waals surface area contributed by atoms with Gasteiger partial charge in [0.25, 0.3) is 0 Å². The molecule has 0 spiro atoms. The van der Waals surface area contributed by atoms with E-state index in [0.29, 0.717) is 0 Å². The minimum atomic E-state index is -0.0927. The first-order chi connectivity index (χ1) is 8.11. The molecule has 0 fully saturated rings. The summed E-state index contributed by atoms with van der Waals surface area (Å²) >= 11 is 0. The Hall–Kier alpha value is -1.61. The Morgan fingerprint density at radius 1 is 1.24 bits per heavy atom. The van der Waals surface area contributed by atoms with E-state index in [1.165, 1.54) is 0 Å². The Morgan fingerprint density at radius 2 is 1.94 bits per heavy atom. The van der Waals surface area contributed by atoms with E-state index < -0.39 is 0 Å². The first-order valence-corrected chi connectivity index (χ1v) is 5.80. The highest BCUT2D eigenvalue weighted by atomic mass is 16.3. The summed E-state index contributed by atoms with van der Waals surface area (Å²) in [6, 6.07) is 10.0. The molecular formula is C14H18N2O. The fraction of sp³-hybridized carbons (Fsp3) is 0.357. The van der Waals surface area contributed by atoms with Crippen LogP contribution in [-0.4, -0.2) is 21.5 Å². The van der Waals surface area contributed by atoms with Gasteiger partial charge >= 0.3 is 0 Å². The van der Waals surface area contributed by atoms with Crippen LogP contribution in [-0.2, 0) is 6.42 Å². The molecule has 2 rings (SSSR count). The molecule has 3 nitrogen and oxygen atoms in total. The van der Waals surface area contributed by atoms with Crippen LogP contribution in [0, 0.1) is 5.41 Å². The minimum Gasteiger partial charge on any atom is -0.396 e. The predicted molar refractivity (Wildman–Crippen MR) is 68.1 cm³/mol. The van der Waals surface area contributed by atoms with Crippen molar-refractivity contribution in [3.8, 4) is 5.69 Å². The standard InChI is InChI=1S/C14H18N2O/c1-14(2,11-17)8-12-9-15-16(10-12)13-6-4-3-5-7-13/h3-7,9-10,17H,8,11H2,1-2H3. The zero-order valence-electron chi connectivity index (χ0n) is 10.3. The van der Waals surface area contributed by atoms with Gasteiger partial charge in [-0.3, -0.25) is 0 Å². The fourth-order valence-corrected chi connectivity index (χ4v) is 1.78. The summed E-state index contributed by atoms with van der Waals surface area (Å²) in [5, 5.41) is 13.6. The van der Waals surface area contributed by atoms with Crippen molar-refractivity contribution in [2.45, 2.75) is 20.3 Å². The van der Waals surface area contributed by atoms with Crippen molar-refractivity contribution >= 4 is 0 Å². The molecule has 0 saturated carbocycles. The summed E-state index contributed by atoms with van der Waals surface area (Å²) in [5.41, 5.74) is 2.11. The number of para-hydroxylation sites is 1. The lowest BCUT2D eigenvalue weighted by Crippen LogP contribution is -2.19. The number of nitrogens with zero attached hydrogens (tertiary/aromatic N) is 2. The van der Waals surface area contributed by atoms with Crippen molar-refractivity contribution in [3.63, 3.8) is 0 Å². The van der Waals surface area contributed by atoms with Crippen LogP contribution in [0.5, 0.6) is 0 Å². The van der Waals surface area contributed by atoms with Gasteiger partial charge in [0.15, 0.2) is 0 Å². The minimum absolute atomic E-state index is 0.0927. The van der Waals surface area contributed by atoms with Crippen molar-refractivity contribution < 1.29 is 5.11 Å². The van der Waals surface area contributed by atoms with Crippen molar-refractivity contribution in [3.05, 3.63) is 48.3 Å². The first kappa shape index (κ1) is 11.9. The van der Waals surface area contributed by atoms with Crippen LogP contribution >= 0.6 is 0 Å². The van der Waals surface area contributed by atoms with Crippen LogP contribution in [0.1, 0.15) is 19.4 Å². The van der Waals surface area contributed by atoms with Gasteiger partial charge in [-0.05, 0) is 29.5 Å². The Balaban J connectivity index is 2.17. The molecule has 0 radical (unpaired) electrons. The maximum absolute atomic E-state index is 9.25. The summed E-state index contributed by atoms with van der Waals surface area (Å²) < 4.78 is 1.86. The molecule has 0 amide bonds. The van der Waals surface area contributed by atoms with Crippen LogP contribution in [0.3, 0.4) is 0 Å². The smallest absolute Gasteiger partial charge is 0.0645 e. The zero-order chi connectivity index (χ0) is 12.3. The normalized spacial score (nSPS) is 11.7. The maximum atomic E-state index is 9.25. The molecule has 3 heteroatoms. The zero-order valence-corrected chi connectivity index (χ0v) is 10.3. The molecule has 2 aromatic rings. The highest BCUT2D eigenvalue weighted by Gasteiger charge is 2.18. The Morgan fingerprint density at radius 3 is 2.59 bits per heavy atom. The van der Waals surface area contributed by atoms with Gasteiger partial charge in [-0.1, -0.05) is 32.0 Å². The summed E-state index contributed by atoms with van der Waals surface area (Å²) in [4.78, 5) is 0. The van der Waals surface area contributed by atoms with E-state index in [-0.39, 0.29) is 12.0 Å². The Kier molecular flexibility index (Phi) is 3.29. The summed E-state index contributed by atoms with van der Waals surface area (Å²) in [5.74, 6) is 0. The van der Waals surface area contributed by atoms with Crippen LogP contribution in [0.2, 0.25) is 0 Å². The molecule has 90 valence electrons. The number of rotatable bonds is 4. The molecule has 0 bridgehead atoms.